The first-order valence-corrected chi connectivity index (χ1v) is 17.3. The smallest absolute Gasteiger partial charge is 0.0588 e. The first kappa shape index (κ1) is 30.5. The minimum Gasteiger partial charge on any atom is -0.354 e. The van der Waals surface area contributed by atoms with Crippen molar-refractivity contribution in [2.75, 3.05) is 0 Å². The van der Waals surface area contributed by atoms with Gasteiger partial charge in [0.2, 0.25) is 0 Å². The van der Waals surface area contributed by atoms with E-state index in [9.17, 15) is 0 Å². The van der Waals surface area contributed by atoms with E-state index in [4.69, 9.17) is 0 Å². The van der Waals surface area contributed by atoms with E-state index < -0.39 is 0 Å². The van der Waals surface area contributed by atoms with Gasteiger partial charge >= 0.3 is 0 Å². The molecule has 3 heteroatoms. The normalized spacial score (nSPS) is 16.4. The SMILES string of the molecule is C=C/C=C(\C=C/C)c1ccc2[nH]c3c4c5cc(C6=CCC(C)C=C6)ccc5[nH]c4c4c5cc(C(/C=C\C)=C/C=C\C)ccc5[nH]c4c3c2c1. The maximum Gasteiger partial charge on any atom is 0.0588 e. The zero-order chi connectivity index (χ0) is 33.6. The summed E-state index contributed by atoms with van der Waals surface area (Å²) in [7, 11) is 0. The van der Waals surface area contributed by atoms with Crippen LogP contribution in [-0.2, 0) is 0 Å². The van der Waals surface area contributed by atoms with Crippen LogP contribution in [0.15, 0.2) is 134 Å². The standard InChI is InChI=1S/C46H41N3/c1-6-10-14-30(13-9-4)33-20-23-39-36(26-33)42-44(48-39)41-35-25-32(29(11-7-2)12-8-3)19-22-38(35)47-45(41)43-37-27-34(21-24-40(37)49-46(42)43)31-17-15-28(5)16-18-31/h6-15,17-28,47-49H,2,16H2,1,3-5H3/b10-6-,12-8-,13-9-,29-11+,30-14+. The fraction of sp³-hybridized carbons (Fsp3) is 0.130. The van der Waals surface area contributed by atoms with E-state index in [2.05, 4.69) is 171 Å². The number of allylic oxidation sites excluding steroid dienone is 15. The lowest BCUT2D eigenvalue weighted by molar-refractivity contribution is 0.739. The Morgan fingerprint density at radius 2 is 1.20 bits per heavy atom. The van der Waals surface area contributed by atoms with Crippen LogP contribution in [0, 0.1) is 5.92 Å². The number of rotatable bonds is 7. The van der Waals surface area contributed by atoms with Crippen molar-refractivity contribution < 1.29 is 0 Å². The van der Waals surface area contributed by atoms with Gasteiger partial charge in [0.25, 0.3) is 0 Å². The minimum atomic E-state index is 0.576. The number of nitrogens with one attached hydrogen (secondary N) is 3. The summed E-state index contributed by atoms with van der Waals surface area (Å²) in [4.78, 5) is 11.7. The van der Waals surface area contributed by atoms with Crippen LogP contribution >= 0.6 is 0 Å². The molecule has 0 saturated heterocycles. The summed E-state index contributed by atoms with van der Waals surface area (Å²) in [5.41, 5.74) is 14.0. The molecule has 0 bridgehead atoms. The lowest BCUT2D eigenvalue weighted by Gasteiger charge is -2.12. The summed E-state index contributed by atoms with van der Waals surface area (Å²) in [5, 5.41) is 7.30. The Labute approximate surface area is 287 Å². The van der Waals surface area contributed by atoms with Gasteiger partial charge in [0.15, 0.2) is 0 Å². The summed E-state index contributed by atoms with van der Waals surface area (Å²) in [6.07, 6.45) is 26.9. The molecule has 3 aromatic heterocycles. The van der Waals surface area contributed by atoms with Crippen molar-refractivity contribution in [1.29, 1.82) is 0 Å². The molecule has 0 fully saturated rings. The van der Waals surface area contributed by atoms with Crippen molar-refractivity contribution >= 4 is 82.1 Å². The molecule has 0 amide bonds. The number of hydrogen-bond donors (Lipinski definition) is 3. The lowest BCUT2D eigenvalue weighted by Crippen LogP contribution is -1.94. The molecule has 0 radical (unpaired) electrons. The molecule has 3 heterocycles. The first-order valence-electron chi connectivity index (χ1n) is 17.3. The zero-order valence-corrected chi connectivity index (χ0v) is 28.6. The van der Waals surface area contributed by atoms with Gasteiger partial charge in [-0.3, -0.25) is 0 Å². The van der Waals surface area contributed by atoms with Crippen LogP contribution in [0.3, 0.4) is 0 Å². The van der Waals surface area contributed by atoms with Gasteiger partial charge < -0.3 is 15.0 Å². The van der Waals surface area contributed by atoms with Gasteiger partial charge in [-0.25, -0.2) is 0 Å². The third-order valence-corrected chi connectivity index (χ3v) is 9.92. The zero-order valence-electron chi connectivity index (χ0n) is 28.6. The largest absolute Gasteiger partial charge is 0.354 e. The number of aromatic nitrogens is 3. The van der Waals surface area contributed by atoms with Gasteiger partial charge in [0, 0.05) is 48.9 Å². The highest BCUT2D eigenvalue weighted by Crippen LogP contribution is 2.45. The highest BCUT2D eigenvalue weighted by molar-refractivity contribution is 6.39. The molecular formula is C46H41N3. The molecule has 0 aliphatic heterocycles. The maximum atomic E-state index is 3.98. The predicted molar refractivity (Wildman–Crippen MR) is 216 cm³/mol. The van der Waals surface area contributed by atoms with Crippen LogP contribution in [-0.4, -0.2) is 15.0 Å². The van der Waals surface area contributed by atoms with E-state index in [1.54, 1.807) is 0 Å². The number of H-pyrrole nitrogens is 3. The summed E-state index contributed by atoms with van der Waals surface area (Å²) >= 11 is 0. The fourth-order valence-corrected chi connectivity index (χ4v) is 7.58. The predicted octanol–water partition coefficient (Wildman–Crippen LogP) is 13.3. The van der Waals surface area contributed by atoms with Crippen molar-refractivity contribution in [3.05, 3.63) is 151 Å². The number of benzene rings is 4. The second-order valence-corrected chi connectivity index (χ2v) is 13.1. The average Bonchev–Trinajstić information content (AvgIpc) is 3.80. The van der Waals surface area contributed by atoms with E-state index in [1.807, 2.05) is 6.08 Å². The molecule has 1 aliphatic rings. The van der Waals surface area contributed by atoms with Crippen LogP contribution < -0.4 is 0 Å². The topological polar surface area (TPSA) is 47.4 Å². The number of hydrogen-bond acceptors (Lipinski definition) is 0. The average molecular weight is 636 g/mol. The Kier molecular flexibility index (Phi) is 7.69. The monoisotopic (exact) mass is 635 g/mol. The second kappa shape index (κ2) is 12.3. The molecule has 240 valence electrons. The van der Waals surface area contributed by atoms with Crippen molar-refractivity contribution in [3.63, 3.8) is 0 Å². The third-order valence-electron chi connectivity index (χ3n) is 9.92. The summed E-state index contributed by atoms with van der Waals surface area (Å²) in [6.45, 7) is 12.4. The van der Waals surface area contributed by atoms with Crippen molar-refractivity contribution in [2.45, 2.75) is 34.1 Å². The molecule has 7 aromatic rings. The number of aromatic amines is 3. The Morgan fingerprint density at radius 1 is 0.673 bits per heavy atom. The molecule has 1 aliphatic carbocycles. The molecule has 3 N–H and O–H groups in total. The second-order valence-electron chi connectivity index (χ2n) is 13.1. The molecule has 1 unspecified atom stereocenters. The summed E-state index contributed by atoms with van der Waals surface area (Å²) < 4.78 is 0. The Hall–Kier alpha value is -5.80. The van der Waals surface area contributed by atoms with E-state index in [-0.39, 0.29) is 0 Å². The summed E-state index contributed by atoms with van der Waals surface area (Å²) in [5.74, 6) is 0.576. The van der Waals surface area contributed by atoms with E-state index in [1.165, 1.54) is 54.6 Å². The van der Waals surface area contributed by atoms with Crippen molar-refractivity contribution in [1.82, 2.24) is 15.0 Å². The highest BCUT2D eigenvalue weighted by Gasteiger charge is 2.22. The Morgan fingerprint density at radius 3 is 1.69 bits per heavy atom. The molecule has 0 saturated carbocycles. The first-order chi connectivity index (χ1) is 24.0. The van der Waals surface area contributed by atoms with Crippen LogP contribution in [0.4, 0.5) is 0 Å². The maximum absolute atomic E-state index is 3.98. The van der Waals surface area contributed by atoms with Gasteiger partial charge in [-0.1, -0.05) is 105 Å². The summed E-state index contributed by atoms with van der Waals surface area (Å²) in [6, 6.07) is 20.4. The highest BCUT2D eigenvalue weighted by atomic mass is 14.8. The van der Waals surface area contributed by atoms with Gasteiger partial charge in [0.1, 0.15) is 0 Å². The van der Waals surface area contributed by atoms with Gasteiger partial charge in [0.05, 0.1) is 16.6 Å². The molecule has 4 aromatic carbocycles. The van der Waals surface area contributed by atoms with Crippen molar-refractivity contribution in [3.8, 4) is 0 Å². The Bertz CT molecular complexity index is 2680. The van der Waals surface area contributed by atoms with Crippen LogP contribution in [0.2, 0.25) is 0 Å². The van der Waals surface area contributed by atoms with E-state index in [0.29, 0.717) is 5.92 Å². The minimum absolute atomic E-state index is 0.576. The molecule has 49 heavy (non-hydrogen) atoms. The molecule has 1 atom stereocenters. The number of fused-ring (bicyclic) bond motifs is 12. The molecular weight excluding hydrogens is 595 g/mol. The molecule has 8 rings (SSSR count). The molecule has 0 spiro atoms. The van der Waals surface area contributed by atoms with Crippen LogP contribution in [0.25, 0.3) is 82.1 Å². The van der Waals surface area contributed by atoms with E-state index >= 15 is 0 Å². The van der Waals surface area contributed by atoms with Crippen LogP contribution in [0.5, 0.6) is 0 Å². The third kappa shape index (κ3) is 5.05. The van der Waals surface area contributed by atoms with Crippen molar-refractivity contribution in [2.24, 2.45) is 5.92 Å². The van der Waals surface area contributed by atoms with Gasteiger partial charge in [-0.15, -0.1) is 0 Å². The Balaban J connectivity index is 1.52. The molecule has 3 nitrogen and oxygen atoms in total. The van der Waals surface area contributed by atoms with E-state index in [0.717, 1.165) is 50.7 Å². The van der Waals surface area contributed by atoms with Gasteiger partial charge in [-0.2, -0.15) is 0 Å². The van der Waals surface area contributed by atoms with Crippen LogP contribution in [0.1, 0.15) is 50.8 Å². The quantitative estimate of drug-likeness (QED) is 0.146. The fourth-order valence-electron chi connectivity index (χ4n) is 7.58. The van der Waals surface area contributed by atoms with Gasteiger partial charge in [-0.05, 0) is 103 Å². The lowest BCUT2D eigenvalue weighted by atomic mass is 9.93.